The van der Waals surface area contributed by atoms with Gasteiger partial charge in [-0.25, -0.2) is 0 Å². The predicted octanol–water partition coefficient (Wildman–Crippen LogP) is 7.31. The summed E-state index contributed by atoms with van der Waals surface area (Å²) in [6.45, 7) is 0.163. The van der Waals surface area contributed by atoms with Crippen molar-refractivity contribution in [1.82, 2.24) is 20.1 Å². The topological polar surface area (TPSA) is 59.8 Å². The van der Waals surface area contributed by atoms with Crippen molar-refractivity contribution in [2.24, 2.45) is 0 Å². The average Bonchev–Trinajstić information content (AvgIpc) is 3.36. The first-order valence-corrected chi connectivity index (χ1v) is 13.8. The molecule has 0 spiro atoms. The Hall–Kier alpha value is -3.58. The second kappa shape index (κ2) is 12.3. The molecule has 190 valence electrons. The highest BCUT2D eigenvalue weighted by atomic mass is 35.5. The Morgan fingerprint density at radius 2 is 1.42 bits per heavy atom. The number of nitrogens with zero attached hydrogens (tertiary/aromatic N) is 3. The SMILES string of the molecule is O=C(NCc1nnc(SCc2ccccc2)n1-c1cc(Cl)ccc1Cl)C(c1ccccc1)c1ccccc1. The van der Waals surface area contributed by atoms with E-state index in [2.05, 4.69) is 27.6 Å². The molecule has 1 heterocycles. The smallest absolute Gasteiger partial charge is 0.232 e. The first-order valence-electron chi connectivity index (χ1n) is 12.0. The zero-order valence-electron chi connectivity index (χ0n) is 20.3. The van der Waals surface area contributed by atoms with Gasteiger partial charge < -0.3 is 5.32 Å². The van der Waals surface area contributed by atoms with Gasteiger partial charge in [-0.15, -0.1) is 10.2 Å². The highest BCUT2D eigenvalue weighted by Crippen LogP contribution is 2.31. The molecule has 0 unspecified atom stereocenters. The Morgan fingerprint density at radius 1 is 0.816 bits per heavy atom. The number of nitrogens with one attached hydrogen (secondary N) is 1. The molecule has 5 rings (SSSR count). The van der Waals surface area contributed by atoms with Crippen molar-refractivity contribution in [3.8, 4) is 5.69 Å². The van der Waals surface area contributed by atoms with E-state index >= 15 is 0 Å². The van der Waals surface area contributed by atoms with Crippen LogP contribution >= 0.6 is 35.0 Å². The van der Waals surface area contributed by atoms with Crippen molar-refractivity contribution in [2.45, 2.75) is 23.4 Å². The standard InChI is InChI=1S/C30H24Cl2N4OS/c31-24-16-17-25(32)26(18-24)36-27(34-35-30(36)38-20-21-10-4-1-5-11-21)19-33-29(37)28(22-12-6-2-7-13-22)23-14-8-3-9-15-23/h1-18,28H,19-20H2,(H,33,37). The molecule has 5 aromatic rings. The number of carbonyl (C=O) groups excluding carboxylic acids is 1. The summed E-state index contributed by atoms with van der Waals surface area (Å²) in [6.07, 6.45) is 0. The second-order valence-electron chi connectivity index (χ2n) is 8.58. The molecule has 1 aromatic heterocycles. The van der Waals surface area contributed by atoms with Gasteiger partial charge in [-0.3, -0.25) is 9.36 Å². The molecule has 0 saturated carbocycles. The lowest BCUT2D eigenvalue weighted by Crippen LogP contribution is -2.30. The van der Waals surface area contributed by atoms with E-state index in [1.807, 2.05) is 83.4 Å². The van der Waals surface area contributed by atoms with Gasteiger partial charge in [0.15, 0.2) is 11.0 Å². The van der Waals surface area contributed by atoms with Crippen LogP contribution in [0.4, 0.5) is 0 Å². The van der Waals surface area contributed by atoms with Gasteiger partial charge in [0.25, 0.3) is 0 Å². The third-order valence-electron chi connectivity index (χ3n) is 6.01. The van der Waals surface area contributed by atoms with E-state index in [1.165, 1.54) is 11.8 Å². The fraction of sp³-hybridized carbons (Fsp3) is 0.100. The van der Waals surface area contributed by atoms with E-state index in [9.17, 15) is 4.79 Å². The van der Waals surface area contributed by atoms with Crippen molar-refractivity contribution in [1.29, 1.82) is 0 Å². The van der Waals surface area contributed by atoms with Crippen molar-refractivity contribution in [3.05, 3.63) is 142 Å². The minimum Gasteiger partial charge on any atom is -0.348 e. The molecule has 4 aromatic carbocycles. The largest absolute Gasteiger partial charge is 0.348 e. The van der Waals surface area contributed by atoms with Crippen LogP contribution in [0.5, 0.6) is 0 Å². The van der Waals surface area contributed by atoms with Crippen LogP contribution < -0.4 is 5.32 Å². The molecule has 0 aliphatic carbocycles. The van der Waals surface area contributed by atoms with Crippen LogP contribution in [0.3, 0.4) is 0 Å². The number of halogens is 2. The van der Waals surface area contributed by atoms with Crippen LogP contribution in [0, 0.1) is 0 Å². The summed E-state index contributed by atoms with van der Waals surface area (Å²) in [5.74, 6) is 0.661. The molecule has 0 radical (unpaired) electrons. The van der Waals surface area contributed by atoms with E-state index in [-0.39, 0.29) is 12.5 Å². The van der Waals surface area contributed by atoms with E-state index in [0.29, 0.717) is 32.5 Å². The van der Waals surface area contributed by atoms with Gasteiger partial charge in [0.2, 0.25) is 5.91 Å². The number of benzene rings is 4. The number of amides is 1. The van der Waals surface area contributed by atoms with Gasteiger partial charge in [0.05, 0.1) is 23.2 Å². The van der Waals surface area contributed by atoms with Crippen molar-refractivity contribution in [2.75, 3.05) is 0 Å². The van der Waals surface area contributed by atoms with Gasteiger partial charge in [0.1, 0.15) is 0 Å². The lowest BCUT2D eigenvalue weighted by Gasteiger charge is -2.18. The van der Waals surface area contributed by atoms with Crippen LogP contribution in [-0.4, -0.2) is 20.7 Å². The number of aromatic nitrogens is 3. The quantitative estimate of drug-likeness (QED) is 0.192. The monoisotopic (exact) mass is 558 g/mol. The molecule has 1 N–H and O–H groups in total. The van der Waals surface area contributed by atoms with Gasteiger partial charge >= 0.3 is 0 Å². The van der Waals surface area contributed by atoms with Gasteiger partial charge in [-0.05, 0) is 34.9 Å². The first kappa shape index (κ1) is 26.0. The number of rotatable bonds is 9. The Labute approximate surface area is 235 Å². The van der Waals surface area contributed by atoms with Gasteiger partial charge in [-0.1, -0.05) is 126 Å². The summed E-state index contributed by atoms with van der Waals surface area (Å²) in [7, 11) is 0. The number of hydrogen-bond acceptors (Lipinski definition) is 4. The van der Waals surface area contributed by atoms with Crippen LogP contribution in [-0.2, 0) is 17.1 Å². The minimum absolute atomic E-state index is 0.132. The zero-order valence-corrected chi connectivity index (χ0v) is 22.6. The van der Waals surface area contributed by atoms with Crippen LogP contribution in [0.2, 0.25) is 10.0 Å². The number of carbonyl (C=O) groups is 1. The molecular weight excluding hydrogens is 535 g/mol. The summed E-state index contributed by atoms with van der Waals surface area (Å²) < 4.78 is 1.86. The maximum absolute atomic E-state index is 13.6. The lowest BCUT2D eigenvalue weighted by atomic mass is 9.90. The van der Waals surface area contributed by atoms with Crippen molar-refractivity contribution >= 4 is 40.9 Å². The molecule has 0 aliphatic rings. The fourth-order valence-corrected chi connectivity index (χ4v) is 5.47. The molecule has 8 heteroatoms. The van der Waals surface area contributed by atoms with E-state index in [1.54, 1.807) is 18.2 Å². The van der Waals surface area contributed by atoms with Gasteiger partial charge in [-0.2, -0.15) is 0 Å². The summed E-state index contributed by atoms with van der Waals surface area (Å²) >= 11 is 14.5. The third kappa shape index (κ3) is 6.10. The highest BCUT2D eigenvalue weighted by molar-refractivity contribution is 7.98. The molecule has 5 nitrogen and oxygen atoms in total. The van der Waals surface area contributed by atoms with Crippen LogP contribution in [0.15, 0.2) is 114 Å². The Bertz CT molecular complexity index is 1470. The molecule has 38 heavy (non-hydrogen) atoms. The minimum atomic E-state index is -0.463. The predicted molar refractivity (Wildman–Crippen MR) is 154 cm³/mol. The molecule has 0 bridgehead atoms. The third-order valence-corrected chi connectivity index (χ3v) is 7.56. The van der Waals surface area contributed by atoms with Gasteiger partial charge in [0, 0.05) is 10.8 Å². The summed E-state index contributed by atoms with van der Waals surface area (Å²) in [4.78, 5) is 13.6. The first-order chi connectivity index (χ1) is 18.6. The summed E-state index contributed by atoms with van der Waals surface area (Å²) in [6, 6.07) is 34.9. The highest BCUT2D eigenvalue weighted by Gasteiger charge is 2.24. The Balaban J connectivity index is 1.44. The molecular formula is C30H24Cl2N4OS. The average molecular weight is 560 g/mol. The van der Waals surface area contributed by atoms with Crippen LogP contribution in [0.1, 0.15) is 28.4 Å². The van der Waals surface area contributed by atoms with Crippen molar-refractivity contribution in [3.63, 3.8) is 0 Å². The maximum Gasteiger partial charge on any atom is 0.232 e. The van der Waals surface area contributed by atoms with Crippen molar-refractivity contribution < 1.29 is 4.79 Å². The number of thioether (sulfide) groups is 1. The lowest BCUT2D eigenvalue weighted by molar-refractivity contribution is -0.121. The van der Waals surface area contributed by atoms with Crippen LogP contribution in [0.25, 0.3) is 5.69 Å². The van der Waals surface area contributed by atoms with E-state index < -0.39 is 5.92 Å². The Morgan fingerprint density at radius 3 is 2.05 bits per heavy atom. The molecule has 0 aliphatic heterocycles. The van der Waals surface area contributed by atoms with E-state index in [4.69, 9.17) is 23.2 Å². The molecule has 0 fully saturated rings. The Kier molecular flexibility index (Phi) is 8.44. The second-order valence-corrected chi connectivity index (χ2v) is 10.4. The fourth-order valence-electron chi connectivity index (χ4n) is 4.18. The summed E-state index contributed by atoms with van der Waals surface area (Å²) in [5, 5.41) is 13.7. The molecule has 0 atom stereocenters. The normalized spacial score (nSPS) is 11.0. The zero-order chi connectivity index (χ0) is 26.3. The summed E-state index contributed by atoms with van der Waals surface area (Å²) in [5.41, 5.74) is 3.64. The molecule has 1 amide bonds. The molecule has 0 saturated heterocycles. The van der Waals surface area contributed by atoms with E-state index in [0.717, 1.165) is 16.7 Å². The number of hydrogen-bond donors (Lipinski definition) is 1. The maximum atomic E-state index is 13.6.